The number of carbonyl (C=O) groups excluding carboxylic acids is 1. The number of nitrogens with one attached hydrogen (secondary N) is 2. The predicted octanol–water partition coefficient (Wildman–Crippen LogP) is 4.13. The first kappa shape index (κ1) is 19.9. The maximum absolute atomic E-state index is 12.8. The van der Waals surface area contributed by atoms with Crippen molar-refractivity contribution in [1.82, 2.24) is 10.6 Å². The molecule has 130 valence electrons. The minimum absolute atomic E-state index is 0.0538. The summed E-state index contributed by atoms with van der Waals surface area (Å²) in [6, 6.07) is 8.02. The van der Waals surface area contributed by atoms with Crippen molar-refractivity contribution in [3.05, 3.63) is 59.2 Å². The zero-order valence-corrected chi connectivity index (χ0v) is 14.4. The summed E-state index contributed by atoms with van der Waals surface area (Å²) in [5.41, 5.74) is 0.152. The molecule has 0 aliphatic carbocycles. The van der Waals surface area contributed by atoms with Gasteiger partial charge in [-0.2, -0.15) is 13.2 Å². The molecule has 0 aliphatic heterocycles. The molecule has 0 bridgehead atoms. The number of rotatable bonds is 4. The number of hydrogen-bond acceptors (Lipinski definition) is 2. The van der Waals surface area contributed by atoms with Crippen LogP contribution in [-0.2, 0) is 0 Å². The largest absolute Gasteiger partial charge is 0.416 e. The molecule has 0 saturated carbocycles. The highest BCUT2D eigenvalue weighted by atomic mass is 32.1. The van der Waals surface area contributed by atoms with Gasteiger partial charge in [-0.15, -0.1) is 0 Å². The first-order valence-electron chi connectivity index (χ1n) is 7.23. The van der Waals surface area contributed by atoms with E-state index in [2.05, 4.69) is 10.6 Å². The lowest BCUT2D eigenvalue weighted by molar-refractivity contribution is -0.0884. The molecule has 1 aromatic rings. The lowest BCUT2D eigenvalue weighted by atomic mass is 10.1. The molecule has 0 spiro atoms. The Morgan fingerprint density at radius 2 is 1.83 bits per heavy atom. The molecule has 0 saturated heterocycles. The van der Waals surface area contributed by atoms with Crippen molar-refractivity contribution in [2.24, 2.45) is 0 Å². The van der Waals surface area contributed by atoms with Gasteiger partial charge in [0.25, 0.3) is 5.91 Å². The zero-order valence-electron chi connectivity index (χ0n) is 13.6. The van der Waals surface area contributed by atoms with Crippen LogP contribution < -0.4 is 10.6 Å². The van der Waals surface area contributed by atoms with Gasteiger partial charge in [-0.05, 0) is 51.2 Å². The van der Waals surface area contributed by atoms with Crippen LogP contribution in [0.3, 0.4) is 0 Å². The molecule has 0 radical (unpaired) electrons. The third-order valence-corrected chi connectivity index (χ3v) is 3.54. The normalized spacial score (nSPS) is 14.1. The molecule has 1 rings (SSSR count). The molecule has 24 heavy (non-hydrogen) atoms. The van der Waals surface area contributed by atoms with Gasteiger partial charge in [-0.25, -0.2) is 0 Å². The maximum atomic E-state index is 12.8. The van der Waals surface area contributed by atoms with Crippen LogP contribution in [0, 0.1) is 0 Å². The summed E-state index contributed by atoms with van der Waals surface area (Å²) in [6.45, 7) is 4.56. The smallest absolute Gasteiger partial charge is 0.356 e. The fourth-order valence-corrected chi connectivity index (χ4v) is 2.08. The monoisotopic (exact) mass is 356 g/mol. The summed E-state index contributed by atoms with van der Waals surface area (Å²) >= 11 is 5.03. The van der Waals surface area contributed by atoms with E-state index in [1.807, 2.05) is 0 Å². The van der Waals surface area contributed by atoms with Crippen molar-refractivity contribution in [2.45, 2.75) is 33.0 Å². The minimum atomic E-state index is -4.40. The SMILES string of the molecule is CC=C(C=C(C)C(C)NC(=S)NC(=O)c1ccccc1)C(F)(F)F. The van der Waals surface area contributed by atoms with Gasteiger partial charge in [0.15, 0.2) is 5.11 Å². The summed E-state index contributed by atoms with van der Waals surface area (Å²) < 4.78 is 38.3. The molecule has 2 N–H and O–H groups in total. The molecular formula is C17H19F3N2OS. The van der Waals surface area contributed by atoms with E-state index in [4.69, 9.17) is 12.2 Å². The third-order valence-electron chi connectivity index (χ3n) is 3.32. The molecule has 0 aliphatic rings. The number of benzene rings is 1. The Bertz CT molecular complexity index is 652. The van der Waals surface area contributed by atoms with E-state index in [0.717, 1.165) is 12.2 Å². The Morgan fingerprint density at radius 1 is 1.25 bits per heavy atom. The number of carbonyl (C=O) groups is 1. The third kappa shape index (κ3) is 6.16. The Balaban J connectivity index is 2.68. The standard InChI is InChI=1S/C17H19F3N2OS/c1-4-14(17(18,19)20)10-11(2)12(3)21-16(24)22-15(23)13-8-6-5-7-9-13/h4-10,12H,1-3H3,(H2,21,22,23,24). The van der Waals surface area contributed by atoms with E-state index in [-0.39, 0.29) is 11.0 Å². The fraction of sp³-hybridized carbons (Fsp3) is 0.294. The van der Waals surface area contributed by atoms with Crippen molar-refractivity contribution in [3.63, 3.8) is 0 Å². The van der Waals surface area contributed by atoms with E-state index in [0.29, 0.717) is 11.1 Å². The second-order valence-electron chi connectivity index (χ2n) is 5.15. The van der Waals surface area contributed by atoms with E-state index in [9.17, 15) is 18.0 Å². The molecule has 1 atom stereocenters. The molecule has 3 nitrogen and oxygen atoms in total. The first-order chi connectivity index (χ1) is 11.1. The van der Waals surface area contributed by atoms with Crippen molar-refractivity contribution in [3.8, 4) is 0 Å². The predicted molar refractivity (Wildman–Crippen MR) is 92.7 cm³/mol. The topological polar surface area (TPSA) is 41.1 Å². The molecule has 1 amide bonds. The van der Waals surface area contributed by atoms with Crippen LogP contribution in [0.2, 0.25) is 0 Å². The van der Waals surface area contributed by atoms with Crippen LogP contribution in [0.1, 0.15) is 31.1 Å². The van der Waals surface area contributed by atoms with E-state index in [1.54, 1.807) is 44.2 Å². The summed E-state index contributed by atoms with van der Waals surface area (Å²) in [6.07, 6.45) is -2.34. The quantitative estimate of drug-likeness (QED) is 0.629. The number of allylic oxidation sites excluding steroid dienone is 3. The second-order valence-corrected chi connectivity index (χ2v) is 5.55. The Labute approximate surface area is 144 Å². The lowest BCUT2D eigenvalue weighted by Gasteiger charge is -2.18. The zero-order chi connectivity index (χ0) is 18.3. The van der Waals surface area contributed by atoms with Crippen LogP contribution in [0.4, 0.5) is 13.2 Å². The average Bonchev–Trinajstić information content (AvgIpc) is 2.51. The summed E-state index contributed by atoms with van der Waals surface area (Å²) in [7, 11) is 0. The maximum Gasteiger partial charge on any atom is 0.416 e. The van der Waals surface area contributed by atoms with Crippen molar-refractivity contribution in [2.75, 3.05) is 0 Å². The van der Waals surface area contributed by atoms with Gasteiger partial charge < -0.3 is 5.32 Å². The van der Waals surface area contributed by atoms with Gasteiger partial charge in [0.05, 0.1) is 5.57 Å². The summed E-state index contributed by atoms with van der Waals surface area (Å²) in [5.74, 6) is -0.383. The van der Waals surface area contributed by atoms with Crippen molar-refractivity contribution >= 4 is 23.2 Å². The van der Waals surface area contributed by atoms with Crippen LogP contribution in [0.5, 0.6) is 0 Å². The van der Waals surface area contributed by atoms with Gasteiger partial charge in [0.1, 0.15) is 0 Å². The van der Waals surface area contributed by atoms with E-state index < -0.39 is 17.8 Å². The molecule has 0 heterocycles. The number of halogens is 3. The average molecular weight is 356 g/mol. The molecular weight excluding hydrogens is 337 g/mol. The Kier molecular flexibility index (Phi) is 7.16. The molecule has 0 fully saturated rings. The number of thiocarbonyl (C=S) groups is 1. The van der Waals surface area contributed by atoms with Gasteiger partial charge in [0, 0.05) is 11.6 Å². The fourth-order valence-electron chi connectivity index (χ4n) is 1.81. The first-order valence-corrected chi connectivity index (χ1v) is 7.64. The number of alkyl halides is 3. The number of amides is 1. The van der Waals surface area contributed by atoms with Gasteiger partial charge in [-0.1, -0.05) is 29.8 Å². The number of hydrogen-bond donors (Lipinski definition) is 2. The lowest BCUT2D eigenvalue weighted by Crippen LogP contribution is -2.43. The Hall–Kier alpha value is -2.15. The minimum Gasteiger partial charge on any atom is -0.356 e. The summed E-state index contributed by atoms with van der Waals surface area (Å²) in [5, 5.41) is 5.35. The second kappa shape index (κ2) is 8.63. The highest BCUT2D eigenvalue weighted by Crippen LogP contribution is 2.27. The van der Waals surface area contributed by atoms with Gasteiger partial charge in [0.2, 0.25) is 0 Å². The Morgan fingerprint density at radius 3 is 2.33 bits per heavy atom. The highest BCUT2D eigenvalue weighted by molar-refractivity contribution is 7.80. The van der Waals surface area contributed by atoms with Crippen LogP contribution in [-0.4, -0.2) is 23.2 Å². The molecule has 7 heteroatoms. The van der Waals surface area contributed by atoms with Crippen LogP contribution in [0.15, 0.2) is 53.6 Å². The van der Waals surface area contributed by atoms with E-state index in [1.165, 1.54) is 6.92 Å². The van der Waals surface area contributed by atoms with Crippen molar-refractivity contribution in [1.29, 1.82) is 0 Å². The van der Waals surface area contributed by atoms with Crippen LogP contribution >= 0.6 is 12.2 Å². The molecule has 1 unspecified atom stereocenters. The van der Waals surface area contributed by atoms with Crippen molar-refractivity contribution < 1.29 is 18.0 Å². The molecule has 1 aromatic carbocycles. The van der Waals surface area contributed by atoms with Gasteiger partial charge >= 0.3 is 6.18 Å². The highest BCUT2D eigenvalue weighted by Gasteiger charge is 2.31. The molecule has 0 aromatic heterocycles. The van der Waals surface area contributed by atoms with Gasteiger partial charge in [-0.3, -0.25) is 10.1 Å². The summed E-state index contributed by atoms with van der Waals surface area (Å²) in [4.78, 5) is 12.0. The van der Waals surface area contributed by atoms with Crippen LogP contribution in [0.25, 0.3) is 0 Å². The van der Waals surface area contributed by atoms with E-state index >= 15 is 0 Å².